The summed E-state index contributed by atoms with van der Waals surface area (Å²) in [4.78, 5) is 28.7. The average molecular weight is 349 g/mol. The van der Waals surface area contributed by atoms with Crippen LogP contribution in [0.15, 0.2) is 0 Å². The minimum Gasteiger partial charge on any atom is -0.302 e. The van der Waals surface area contributed by atoms with Gasteiger partial charge in [0.25, 0.3) is 0 Å². The van der Waals surface area contributed by atoms with Crippen molar-refractivity contribution >= 4 is 39.1 Å². The van der Waals surface area contributed by atoms with Crippen molar-refractivity contribution in [3.05, 3.63) is 16.0 Å². The maximum absolute atomic E-state index is 12.4. The molecule has 1 atom stereocenters. The maximum Gasteiger partial charge on any atom is 0.228 e. The highest BCUT2D eigenvalue weighted by Crippen LogP contribution is 2.41. The highest BCUT2D eigenvalue weighted by atomic mass is 32.2. The molecule has 2 aliphatic heterocycles. The molecule has 0 radical (unpaired) electrons. The van der Waals surface area contributed by atoms with Crippen LogP contribution in [0.25, 0.3) is 0 Å². The lowest BCUT2D eigenvalue weighted by Crippen LogP contribution is -2.26. The summed E-state index contributed by atoms with van der Waals surface area (Å²) in [5.41, 5.74) is 1.81. The maximum atomic E-state index is 12.4. The number of carbonyl (C=O) groups excluding carboxylic acids is 2. The third kappa shape index (κ3) is 3.30. The molecule has 3 heterocycles. The molecule has 5 nitrogen and oxygen atoms in total. The molecule has 1 aromatic rings. The summed E-state index contributed by atoms with van der Waals surface area (Å²) >= 11 is 2.86. The van der Waals surface area contributed by atoms with Crippen LogP contribution in [0.4, 0.5) is 5.00 Å². The SMILES string of the molecule is CC(=O)SCC1CC(=O)N(c2sc3c(c2C#N)CCN(C)C3)C1. The number of hydrogen-bond donors (Lipinski definition) is 0. The van der Waals surface area contributed by atoms with E-state index in [2.05, 4.69) is 18.0 Å². The zero-order valence-corrected chi connectivity index (χ0v) is 14.9. The van der Waals surface area contributed by atoms with Gasteiger partial charge in [0, 0.05) is 43.6 Å². The van der Waals surface area contributed by atoms with Gasteiger partial charge in [-0.2, -0.15) is 5.26 Å². The molecule has 0 N–H and O–H groups in total. The first kappa shape index (κ1) is 16.5. The van der Waals surface area contributed by atoms with Crippen molar-refractivity contribution in [3.8, 4) is 6.07 Å². The molecule has 0 aromatic carbocycles. The van der Waals surface area contributed by atoms with Gasteiger partial charge in [0.2, 0.25) is 5.91 Å². The van der Waals surface area contributed by atoms with Crippen molar-refractivity contribution in [1.82, 2.24) is 4.90 Å². The summed E-state index contributed by atoms with van der Waals surface area (Å²) in [6.45, 7) is 3.96. The topological polar surface area (TPSA) is 64.4 Å². The van der Waals surface area contributed by atoms with Gasteiger partial charge in [0.1, 0.15) is 11.1 Å². The molecule has 1 amide bonds. The van der Waals surface area contributed by atoms with E-state index in [0.29, 0.717) is 24.3 Å². The molecule has 1 saturated heterocycles. The van der Waals surface area contributed by atoms with Gasteiger partial charge < -0.3 is 9.80 Å². The lowest BCUT2D eigenvalue weighted by molar-refractivity contribution is -0.117. The van der Waals surface area contributed by atoms with Crippen LogP contribution in [-0.2, 0) is 22.6 Å². The second-order valence-corrected chi connectivity index (χ2v) is 8.44. The Bertz CT molecular complexity index is 692. The van der Waals surface area contributed by atoms with Crippen molar-refractivity contribution in [1.29, 1.82) is 5.26 Å². The number of rotatable bonds is 3. The predicted molar refractivity (Wildman–Crippen MR) is 92.7 cm³/mol. The second-order valence-electron chi connectivity index (χ2n) is 6.16. The van der Waals surface area contributed by atoms with Crippen LogP contribution >= 0.6 is 23.1 Å². The fraction of sp³-hybridized carbons (Fsp3) is 0.562. The summed E-state index contributed by atoms with van der Waals surface area (Å²) in [5.74, 6) is 0.931. The summed E-state index contributed by atoms with van der Waals surface area (Å²) in [7, 11) is 2.07. The van der Waals surface area contributed by atoms with Gasteiger partial charge in [-0.05, 0) is 24.9 Å². The van der Waals surface area contributed by atoms with Crippen LogP contribution in [0.3, 0.4) is 0 Å². The Morgan fingerprint density at radius 1 is 1.52 bits per heavy atom. The molecule has 0 spiro atoms. The largest absolute Gasteiger partial charge is 0.302 e. The minimum absolute atomic E-state index is 0.0719. The van der Waals surface area contributed by atoms with Crippen molar-refractivity contribution in [2.45, 2.75) is 26.3 Å². The summed E-state index contributed by atoms with van der Waals surface area (Å²) in [5, 5.41) is 10.5. The molecule has 1 fully saturated rings. The molecule has 0 saturated carbocycles. The Balaban J connectivity index is 1.83. The first-order chi connectivity index (χ1) is 11.0. The van der Waals surface area contributed by atoms with Crippen molar-refractivity contribution in [2.24, 2.45) is 5.92 Å². The quantitative estimate of drug-likeness (QED) is 0.837. The first-order valence-electron chi connectivity index (χ1n) is 7.66. The normalized spacial score (nSPS) is 21.3. The van der Waals surface area contributed by atoms with E-state index in [-0.39, 0.29) is 16.9 Å². The van der Waals surface area contributed by atoms with E-state index in [1.54, 1.807) is 23.2 Å². The van der Waals surface area contributed by atoms with E-state index >= 15 is 0 Å². The molecular formula is C16H19N3O2S2. The number of nitrogens with zero attached hydrogens (tertiary/aromatic N) is 3. The Morgan fingerprint density at radius 2 is 2.30 bits per heavy atom. The molecule has 2 aliphatic rings. The zero-order chi connectivity index (χ0) is 16.6. The van der Waals surface area contributed by atoms with Crippen molar-refractivity contribution in [3.63, 3.8) is 0 Å². The third-order valence-corrected chi connectivity index (χ3v) is 6.60. The minimum atomic E-state index is 0.0719. The molecule has 0 aliphatic carbocycles. The van der Waals surface area contributed by atoms with Gasteiger partial charge in [0.15, 0.2) is 5.12 Å². The van der Waals surface area contributed by atoms with Crippen LogP contribution in [0.5, 0.6) is 0 Å². The highest BCUT2D eigenvalue weighted by Gasteiger charge is 2.35. The van der Waals surface area contributed by atoms with E-state index in [1.807, 2.05) is 0 Å². The van der Waals surface area contributed by atoms with Crippen LogP contribution in [0, 0.1) is 17.2 Å². The fourth-order valence-electron chi connectivity index (χ4n) is 3.15. The van der Waals surface area contributed by atoms with E-state index < -0.39 is 0 Å². The summed E-state index contributed by atoms with van der Waals surface area (Å²) in [6, 6.07) is 2.32. The number of fused-ring (bicyclic) bond motifs is 1. The molecule has 122 valence electrons. The summed E-state index contributed by atoms with van der Waals surface area (Å²) < 4.78 is 0. The van der Waals surface area contributed by atoms with E-state index in [9.17, 15) is 14.9 Å². The van der Waals surface area contributed by atoms with Gasteiger partial charge >= 0.3 is 0 Å². The molecular weight excluding hydrogens is 330 g/mol. The molecule has 7 heteroatoms. The number of anilines is 1. The number of carbonyl (C=O) groups is 2. The lowest BCUT2D eigenvalue weighted by Gasteiger charge is -2.21. The van der Waals surface area contributed by atoms with Crippen LogP contribution in [0.1, 0.15) is 29.3 Å². The zero-order valence-electron chi connectivity index (χ0n) is 13.3. The predicted octanol–water partition coefficient (Wildman–Crippen LogP) is 2.24. The van der Waals surface area contributed by atoms with Gasteiger partial charge in [-0.25, -0.2) is 0 Å². The van der Waals surface area contributed by atoms with Crippen LogP contribution in [0.2, 0.25) is 0 Å². The van der Waals surface area contributed by atoms with Gasteiger partial charge in [-0.1, -0.05) is 11.8 Å². The number of thioether (sulfide) groups is 1. The fourth-order valence-corrected chi connectivity index (χ4v) is 5.24. The summed E-state index contributed by atoms with van der Waals surface area (Å²) in [6.07, 6.45) is 1.34. The van der Waals surface area contributed by atoms with Gasteiger partial charge in [0.05, 0.1) is 5.56 Å². The van der Waals surface area contributed by atoms with E-state index in [0.717, 1.165) is 30.1 Å². The highest BCUT2D eigenvalue weighted by molar-refractivity contribution is 8.13. The number of amides is 1. The number of thiophene rings is 1. The smallest absolute Gasteiger partial charge is 0.228 e. The van der Waals surface area contributed by atoms with Crippen molar-refractivity contribution in [2.75, 3.05) is 30.8 Å². The first-order valence-corrected chi connectivity index (χ1v) is 9.46. The van der Waals surface area contributed by atoms with Gasteiger partial charge in [-0.3, -0.25) is 9.59 Å². The Hall–Kier alpha value is -1.36. The number of hydrogen-bond acceptors (Lipinski definition) is 6. The van der Waals surface area contributed by atoms with Crippen LogP contribution in [-0.4, -0.2) is 41.8 Å². The molecule has 23 heavy (non-hydrogen) atoms. The Labute approximate surface area is 144 Å². The Morgan fingerprint density at radius 3 is 3.00 bits per heavy atom. The van der Waals surface area contributed by atoms with Gasteiger partial charge in [-0.15, -0.1) is 11.3 Å². The Kier molecular flexibility index (Phi) is 4.76. The van der Waals surface area contributed by atoms with E-state index in [1.165, 1.54) is 16.6 Å². The monoisotopic (exact) mass is 349 g/mol. The van der Waals surface area contributed by atoms with E-state index in [4.69, 9.17) is 0 Å². The number of likely N-dealkylation sites (N-methyl/N-ethyl adjacent to an activating group) is 1. The van der Waals surface area contributed by atoms with Crippen molar-refractivity contribution < 1.29 is 9.59 Å². The second kappa shape index (κ2) is 6.63. The average Bonchev–Trinajstić information content (AvgIpc) is 3.04. The number of nitriles is 1. The molecule has 1 aromatic heterocycles. The van der Waals surface area contributed by atoms with Crippen LogP contribution < -0.4 is 4.90 Å². The molecule has 1 unspecified atom stereocenters. The lowest BCUT2D eigenvalue weighted by atomic mass is 10.0. The molecule has 0 bridgehead atoms. The molecule has 3 rings (SSSR count). The third-order valence-electron chi connectivity index (χ3n) is 4.31. The standard InChI is InChI=1S/C16H19N3O2S2/c1-10(20)22-9-11-5-15(21)19(7-11)16-13(6-17)12-3-4-18(2)8-14(12)23-16/h11H,3-5,7-9H2,1-2H3.